The first kappa shape index (κ1) is 43.6. The van der Waals surface area contributed by atoms with Crippen LogP contribution in [0.2, 0.25) is 5.02 Å². The molecule has 0 spiro atoms. The fourth-order valence-electron chi connectivity index (χ4n) is 5.91. The summed E-state index contributed by atoms with van der Waals surface area (Å²) in [6, 6.07) is 20.0. The molecule has 3 aromatic rings. The van der Waals surface area contributed by atoms with E-state index in [0.29, 0.717) is 79.1 Å². The van der Waals surface area contributed by atoms with Crippen LogP contribution >= 0.6 is 11.6 Å². The quantitative estimate of drug-likeness (QED) is 0.160. The zero-order chi connectivity index (χ0) is 38.8. The molecule has 282 valence electrons. The van der Waals surface area contributed by atoms with E-state index in [9.17, 15) is 20.0 Å². The molecule has 0 bridgehead atoms. The van der Waals surface area contributed by atoms with E-state index in [1.165, 1.54) is 6.07 Å². The fraction of sp³-hybridized carbons (Fsp3) is 0.439. The van der Waals surface area contributed by atoms with Gasteiger partial charge in [0.25, 0.3) is 0 Å². The van der Waals surface area contributed by atoms with Gasteiger partial charge in [0.2, 0.25) is 0 Å². The normalized spacial score (nSPS) is 13.7. The molecule has 52 heavy (non-hydrogen) atoms. The number of nitrogens with one attached hydrogen (secondary N) is 1. The standard InChI is InChI=1S/C33H44ClN5O4.C6H6O.C2H6/c1-7-9-26(40)21-37-14-16-38(17-15-37)33(42)39(32(22(3)4)24-10-12-25(34)13-11-24)23(5)27-18-30(41)28(29(20-35)36-6)19-31(27)43-8-2;7-6-4-2-1-3-5-6;1-2/h10-13,18-19,22,29,32,36,41H,5,7-9,14-17,21H2,1-4,6H3;1-5,7H;1-2H3/t29?,32-;;/m0../s1. The van der Waals surface area contributed by atoms with Gasteiger partial charge in [0, 0.05) is 48.7 Å². The Morgan fingerprint density at radius 1 is 1.02 bits per heavy atom. The van der Waals surface area contributed by atoms with E-state index in [-0.39, 0.29) is 23.5 Å². The first-order valence-electron chi connectivity index (χ1n) is 18.0. The van der Waals surface area contributed by atoms with Crippen LogP contribution in [-0.2, 0) is 4.79 Å². The number of nitriles is 1. The van der Waals surface area contributed by atoms with Crippen molar-refractivity contribution < 1.29 is 24.5 Å². The molecule has 11 heteroatoms. The largest absolute Gasteiger partial charge is 0.508 e. The summed E-state index contributed by atoms with van der Waals surface area (Å²) in [4.78, 5) is 32.3. The van der Waals surface area contributed by atoms with E-state index >= 15 is 0 Å². The number of ketones is 1. The molecule has 4 rings (SSSR count). The van der Waals surface area contributed by atoms with Gasteiger partial charge in [0.15, 0.2) is 0 Å². The lowest BCUT2D eigenvalue weighted by Gasteiger charge is -2.42. The number of amides is 2. The van der Waals surface area contributed by atoms with E-state index in [1.807, 2.05) is 59.7 Å². The monoisotopic (exact) mass is 733 g/mol. The minimum Gasteiger partial charge on any atom is -0.508 e. The summed E-state index contributed by atoms with van der Waals surface area (Å²) in [5.41, 5.74) is 2.07. The highest BCUT2D eigenvalue weighted by Gasteiger charge is 2.36. The average molecular weight is 734 g/mol. The number of carbonyl (C=O) groups is 2. The molecule has 10 nitrogen and oxygen atoms in total. The van der Waals surface area contributed by atoms with Crippen molar-refractivity contribution in [2.45, 2.75) is 66.5 Å². The molecule has 2 atom stereocenters. The third-order valence-corrected chi connectivity index (χ3v) is 8.67. The Balaban J connectivity index is 0.000000914. The van der Waals surface area contributed by atoms with Gasteiger partial charge in [-0.3, -0.25) is 14.6 Å². The first-order chi connectivity index (χ1) is 24.9. The van der Waals surface area contributed by atoms with Crippen LogP contribution < -0.4 is 10.1 Å². The van der Waals surface area contributed by atoms with E-state index in [4.69, 9.17) is 21.4 Å². The van der Waals surface area contributed by atoms with Gasteiger partial charge in [-0.2, -0.15) is 5.26 Å². The highest BCUT2D eigenvalue weighted by Crippen LogP contribution is 2.41. The van der Waals surface area contributed by atoms with Crippen LogP contribution in [0.15, 0.2) is 73.3 Å². The summed E-state index contributed by atoms with van der Waals surface area (Å²) >= 11 is 6.22. The Morgan fingerprint density at radius 2 is 1.63 bits per heavy atom. The Morgan fingerprint density at radius 3 is 2.12 bits per heavy atom. The molecule has 1 saturated heterocycles. The molecule has 1 heterocycles. The average Bonchev–Trinajstić information content (AvgIpc) is 3.14. The van der Waals surface area contributed by atoms with Gasteiger partial charge >= 0.3 is 6.03 Å². The number of phenols is 2. The fourth-order valence-corrected chi connectivity index (χ4v) is 6.04. The van der Waals surface area contributed by atoms with Gasteiger partial charge in [-0.05, 0) is 68.3 Å². The van der Waals surface area contributed by atoms with Gasteiger partial charge in [-0.15, -0.1) is 0 Å². The van der Waals surface area contributed by atoms with Crippen LogP contribution in [0.4, 0.5) is 4.79 Å². The topological polar surface area (TPSA) is 129 Å². The number of rotatable bonds is 13. The maximum absolute atomic E-state index is 14.5. The SMILES string of the molecule is C=C(c1cc(O)c(C(C#N)NC)cc1OCC)N(C(=O)N1CCN(CC(=O)CCC)CC1)[C@H](c1ccc(Cl)cc1)C(C)C.CC.Oc1ccccc1. The molecule has 0 radical (unpaired) electrons. The Kier molecular flexibility index (Phi) is 18.8. The van der Waals surface area contributed by atoms with E-state index in [2.05, 4.69) is 22.9 Å². The second kappa shape index (κ2) is 22.4. The molecule has 2 amide bonds. The second-order valence-electron chi connectivity index (χ2n) is 12.4. The number of piperazine rings is 1. The summed E-state index contributed by atoms with van der Waals surface area (Å²) in [7, 11) is 1.64. The molecule has 3 aromatic carbocycles. The van der Waals surface area contributed by atoms with Gasteiger partial charge in [-0.25, -0.2) is 4.79 Å². The molecule has 0 aromatic heterocycles. The summed E-state index contributed by atoms with van der Waals surface area (Å²) in [5, 5.41) is 32.7. The Bertz CT molecular complexity index is 1600. The van der Waals surface area contributed by atoms with E-state index < -0.39 is 12.1 Å². The number of para-hydroxylation sites is 1. The highest BCUT2D eigenvalue weighted by molar-refractivity contribution is 6.30. The minimum absolute atomic E-state index is 0.0227. The predicted molar refractivity (Wildman–Crippen MR) is 209 cm³/mol. The number of phenolic OH excluding ortho intramolecular Hbond substituents is 2. The number of hydrogen-bond donors (Lipinski definition) is 3. The van der Waals surface area contributed by atoms with Crippen molar-refractivity contribution in [2.24, 2.45) is 5.92 Å². The van der Waals surface area contributed by atoms with Gasteiger partial charge in [0.1, 0.15) is 29.1 Å². The van der Waals surface area contributed by atoms with Gasteiger partial charge in [-0.1, -0.05) is 83.1 Å². The van der Waals surface area contributed by atoms with Crippen molar-refractivity contribution in [3.05, 3.63) is 95.0 Å². The van der Waals surface area contributed by atoms with Crippen molar-refractivity contribution in [1.82, 2.24) is 20.0 Å². The van der Waals surface area contributed by atoms with Crippen molar-refractivity contribution in [1.29, 1.82) is 5.26 Å². The number of aromatic hydroxyl groups is 2. The van der Waals surface area contributed by atoms with Gasteiger partial charge < -0.3 is 25.2 Å². The number of ether oxygens (including phenoxy) is 1. The lowest BCUT2D eigenvalue weighted by molar-refractivity contribution is -0.120. The smallest absolute Gasteiger partial charge is 0.325 e. The third kappa shape index (κ3) is 12.3. The van der Waals surface area contributed by atoms with Crippen LogP contribution in [0.1, 0.15) is 83.2 Å². The number of urea groups is 1. The molecule has 1 aliphatic rings. The molecule has 0 saturated carbocycles. The number of halogens is 1. The third-order valence-electron chi connectivity index (χ3n) is 8.41. The van der Waals surface area contributed by atoms with Crippen LogP contribution in [0.3, 0.4) is 0 Å². The summed E-state index contributed by atoms with van der Waals surface area (Å²) in [5.74, 6) is 0.814. The molecule has 1 fully saturated rings. The van der Waals surface area contributed by atoms with Crippen LogP contribution in [0.5, 0.6) is 17.2 Å². The lowest BCUT2D eigenvalue weighted by atomic mass is 9.92. The van der Waals surface area contributed by atoms with Crippen molar-refractivity contribution >= 4 is 29.1 Å². The van der Waals surface area contributed by atoms with Crippen molar-refractivity contribution in [3.63, 3.8) is 0 Å². The van der Waals surface area contributed by atoms with Crippen molar-refractivity contribution in [3.8, 4) is 23.3 Å². The molecule has 0 aliphatic carbocycles. The summed E-state index contributed by atoms with van der Waals surface area (Å²) in [6.07, 6.45) is 1.38. The zero-order valence-electron chi connectivity index (χ0n) is 31.7. The van der Waals surface area contributed by atoms with E-state index in [0.717, 1.165) is 12.0 Å². The first-order valence-corrected chi connectivity index (χ1v) is 18.4. The molecule has 1 aliphatic heterocycles. The second-order valence-corrected chi connectivity index (χ2v) is 12.9. The molecular weight excluding hydrogens is 678 g/mol. The minimum atomic E-state index is -0.753. The maximum Gasteiger partial charge on any atom is 0.325 e. The highest BCUT2D eigenvalue weighted by atomic mass is 35.5. The number of hydrogen-bond acceptors (Lipinski definition) is 8. The van der Waals surface area contributed by atoms with Crippen LogP contribution in [0.25, 0.3) is 5.70 Å². The molecular formula is C41H56ClN5O5. The lowest BCUT2D eigenvalue weighted by Crippen LogP contribution is -2.54. The maximum atomic E-state index is 14.5. The molecule has 1 unspecified atom stereocenters. The molecule has 3 N–H and O–H groups in total. The van der Waals surface area contributed by atoms with Crippen LogP contribution in [-0.4, -0.2) is 83.1 Å². The van der Waals surface area contributed by atoms with Gasteiger partial charge in [0.05, 0.1) is 31.0 Å². The number of Topliss-reactive ketones (excluding diaryl/α,β-unsaturated/α-hetero) is 1. The summed E-state index contributed by atoms with van der Waals surface area (Å²) in [6.45, 7) is 19.1. The summed E-state index contributed by atoms with van der Waals surface area (Å²) < 4.78 is 5.98. The van der Waals surface area contributed by atoms with Crippen LogP contribution in [0, 0.1) is 17.2 Å². The predicted octanol–water partition coefficient (Wildman–Crippen LogP) is 8.42. The van der Waals surface area contributed by atoms with Crippen molar-refractivity contribution in [2.75, 3.05) is 46.4 Å². The number of carbonyl (C=O) groups excluding carboxylic acids is 2. The Hall–Kier alpha value is -4.56. The Labute approximate surface area is 315 Å². The van der Waals surface area contributed by atoms with E-state index in [1.54, 1.807) is 59.3 Å². The number of nitrogens with zero attached hydrogens (tertiary/aromatic N) is 4. The number of benzene rings is 3. The zero-order valence-corrected chi connectivity index (χ0v) is 32.5.